The molecule has 1 N–H and O–H groups in total. The summed E-state index contributed by atoms with van der Waals surface area (Å²) in [7, 11) is 0. The number of nitrogens with zero attached hydrogens (tertiary/aromatic N) is 1. The molecule has 0 aromatic carbocycles. The third-order valence-electron chi connectivity index (χ3n) is 1.27. The van der Waals surface area contributed by atoms with Crippen LogP contribution in [0.5, 0.6) is 0 Å². The minimum absolute atomic E-state index is 0.0274. The lowest BCUT2D eigenvalue weighted by molar-refractivity contribution is -0.140. The van der Waals surface area contributed by atoms with Gasteiger partial charge in [-0.2, -0.15) is 0 Å². The Labute approximate surface area is 52.1 Å². The van der Waals surface area contributed by atoms with Gasteiger partial charge in [0, 0.05) is 13.1 Å². The molecule has 1 fully saturated rings. The van der Waals surface area contributed by atoms with E-state index in [-0.39, 0.29) is 19.6 Å². The molecule has 0 bridgehead atoms. The molecule has 0 aromatic rings. The van der Waals surface area contributed by atoms with Gasteiger partial charge in [0.25, 0.3) is 0 Å². The van der Waals surface area contributed by atoms with Gasteiger partial charge in [0.2, 0.25) is 0 Å². The summed E-state index contributed by atoms with van der Waals surface area (Å²) in [5.41, 5.74) is 0. The van der Waals surface area contributed by atoms with E-state index in [2.05, 4.69) is 0 Å². The smallest absolute Gasteiger partial charge is 0.317 e. The number of carboxylic acids is 1. The van der Waals surface area contributed by atoms with Gasteiger partial charge in [0.05, 0.1) is 6.54 Å². The number of alkyl halides is 1. The van der Waals surface area contributed by atoms with E-state index in [1.165, 1.54) is 0 Å². The van der Waals surface area contributed by atoms with Crippen LogP contribution in [0, 0.1) is 0 Å². The van der Waals surface area contributed by atoms with Gasteiger partial charge < -0.3 is 5.11 Å². The average molecular weight is 133 g/mol. The van der Waals surface area contributed by atoms with Crippen LogP contribution < -0.4 is 0 Å². The zero-order valence-electron chi connectivity index (χ0n) is 4.88. The molecule has 0 saturated carbocycles. The van der Waals surface area contributed by atoms with Crippen molar-refractivity contribution in [2.24, 2.45) is 0 Å². The summed E-state index contributed by atoms with van der Waals surface area (Å²) < 4.78 is 12.0. The molecule has 0 unspecified atom stereocenters. The van der Waals surface area contributed by atoms with E-state index in [9.17, 15) is 9.18 Å². The Morgan fingerprint density at radius 1 is 1.78 bits per heavy atom. The van der Waals surface area contributed by atoms with Gasteiger partial charge in [-0.05, 0) is 0 Å². The Kier molecular flexibility index (Phi) is 1.66. The first kappa shape index (κ1) is 6.48. The Balaban J connectivity index is 2.11. The Hall–Kier alpha value is -0.640. The molecule has 0 aromatic heterocycles. The van der Waals surface area contributed by atoms with Crippen LogP contribution >= 0.6 is 0 Å². The van der Waals surface area contributed by atoms with Gasteiger partial charge in [-0.1, -0.05) is 0 Å². The highest BCUT2D eigenvalue weighted by atomic mass is 19.1. The first-order chi connectivity index (χ1) is 4.18. The molecule has 1 rings (SSSR count). The first-order valence-corrected chi connectivity index (χ1v) is 2.76. The lowest BCUT2D eigenvalue weighted by atomic mass is 10.2. The van der Waals surface area contributed by atoms with E-state index >= 15 is 0 Å². The average Bonchev–Trinajstić information content (AvgIpc) is 1.60. The van der Waals surface area contributed by atoms with Crippen molar-refractivity contribution >= 4 is 5.97 Å². The number of carboxylic acid groups (broad SMARTS) is 1. The molecule has 1 heterocycles. The van der Waals surface area contributed by atoms with Crippen LogP contribution in [-0.4, -0.2) is 41.8 Å². The standard InChI is InChI=1S/C5H8FNO2/c6-4-1-7(2-4)3-5(8)9/h4H,1-3H2,(H,8,9). The summed E-state index contributed by atoms with van der Waals surface area (Å²) in [5, 5.41) is 8.17. The largest absolute Gasteiger partial charge is 0.480 e. The van der Waals surface area contributed by atoms with Crippen LogP contribution in [0.3, 0.4) is 0 Å². The summed E-state index contributed by atoms with van der Waals surface area (Å²) in [6.07, 6.45) is -0.802. The van der Waals surface area contributed by atoms with E-state index < -0.39 is 12.1 Å². The maximum Gasteiger partial charge on any atom is 0.317 e. The van der Waals surface area contributed by atoms with Crippen LogP contribution in [0.25, 0.3) is 0 Å². The van der Waals surface area contributed by atoms with Crippen LogP contribution in [0.2, 0.25) is 0 Å². The Bertz CT molecular complexity index is 122. The number of likely N-dealkylation sites (tertiary alicyclic amines) is 1. The lowest BCUT2D eigenvalue weighted by Gasteiger charge is -2.32. The number of halogens is 1. The third kappa shape index (κ3) is 1.64. The molecule has 9 heavy (non-hydrogen) atoms. The number of carbonyl (C=O) groups is 1. The molecule has 0 atom stereocenters. The normalized spacial score (nSPS) is 21.4. The number of aliphatic carboxylic acids is 1. The quantitative estimate of drug-likeness (QED) is 0.563. The summed E-state index contributed by atoms with van der Waals surface area (Å²) in [4.78, 5) is 11.5. The molecule has 52 valence electrons. The van der Waals surface area contributed by atoms with Gasteiger partial charge in [-0.3, -0.25) is 9.69 Å². The second-order valence-electron chi connectivity index (χ2n) is 2.19. The van der Waals surface area contributed by atoms with Crippen molar-refractivity contribution in [2.75, 3.05) is 19.6 Å². The second kappa shape index (κ2) is 2.31. The van der Waals surface area contributed by atoms with Crippen molar-refractivity contribution in [3.8, 4) is 0 Å². The predicted molar refractivity (Wildman–Crippen MR) is 29.0 cm³/mol. The molecule has 1 saturated heterocycles. The fourth-order valence-corrected chi connectivity index (χ4v) is 0.827. The molecule has 1 aliphatic rings. The molecule has 4 heteroatoms. The van der Waals surface area contributed by atoms with Crippen LogP contribution in [-0.2, 0) is 4.79 Å². The van der Waals surface area contributed by atoms with Crippen molar-refractivity contribution in [3.63, 3.8) is 0 Å². The fraction of sp³-hybridized carbons (Fsp3) is 0.800. The Morgan fingerprint density at radius 2 is 2.33 bits per heavy atom. The monoisotopic (exact) mass is 133 g/mol. The molecule has 0 aliphatic carbocycles. The van der Waals surface area contributed by atoms with Crippen molar-refractivity contribution in [1.82, 2.24) is 4.90 Å². The zero-order chi connectivity index (χ0) is 6.85. The van der Waals surface area contributed by atoms with Crippen molar-refractivity contribution < 1.29 is 14.3 Å². The highest BCUT2D eigenvalue weighted by Crippen LogP contribution is 2.09. The van der Waals surface area contributed by atoms with Gasteiger partial charge in [-0.15, -0.1) is 0 Å². The summed E-state index contributed by atoms with van der Waals surface area (Å²) in [6.45, 7) is 0.541. The van der Waals surface area contributed by atoms with Gasteiger partial charge in [0.15, 0.2) is 0 Å². The predicted octanol–water partition coefficient (Wildman–Crippen LogP) is -0.275. The minimum Gasteiger partial charge on any atom is -0.480 e. The van der Waals surface area contributed by atoms with E-state index in [0.717, 1.165) is 0 Å². The minimum atomic E-state index is -0.887. The zero-order valence-corrected chi connectivity index (χ0v) is 4.88. The fourth-order valence-electron chi connectivity index (χ4n) is 0.827. The third-order valence-corrected chi connectivity index (χ3v) is 1.27. The molecule has 1 aliphatic heterocycles. The molecular formula is C5H8FNO2. The van der Waals surface area contributed by atoms with Crippen LogP contribution in [0.15, 0.2) is 0 Å². The number of hydrogen-bond donors (Lipinski definition) is 1. The maximum absolute atomic E-state index is 12.0. The van der Waals surface area contributed by atoms with Crippen molar-refractivity contribution in [2.45, 2.75) is 6.17 Å². The van der Waals surface area contributed by atoms with E-state index in [4.69, 9.17) is 5.11 Å². The maximum atomic E-state index is 12.0. The van der Waals surface area contributed by atoms with E-state index in [1.807, 2.05) is 0 Å². The molecule has 3 nitrogen and oxygen atoms in total. The highest BCUT2D eigenvalue weighted by molar-refractivity contribution is 5.69. The van der Waals surface area contributed by atoms with E-state index in [1.54, 1.807) is 4.90 Å². The Morgan fingerprint density at radius 3 is 2.67 bits per heavy atom. The summed E-state index contributed by atoms with van der Waals surface area (Å²) in [6, 6.07) is 0. The summed E-state index contributed by atoms with van der Waals surface area (Å²) >= 11 is 0. The van der Waals surface area contributed by atoms with Crippen molar-refractivity contribution in [1.29, 1.82) is 0 Å². The molecular weight excluding hydrogens is 125 g/mol. The van der Waals surface area contributed by atoms with Gasteiger partial charge >= 0.3 is 5.97 Å². The van der Waals surface area contributed by atoms with Crippen LogP contribution in [0.4, 0.5) is 4.39 Å². The number of rotatable bonds is 2. The SMILES string of the molecule is O=C(O)CN1CC(F)C1. The second-order valence-corrected chi connectivity index (χ2v) is 2.19. The summed E-state index contributed by atoms with van der Waals surface area (Å²) in [5.74, 6) is -0.887. The first-order valence-electron chi connectivity index (χ1n) is 2.76. The molecule has 0 radical (unpaired) electrons. The highest BCUT2D eigenvalue weighted by Gasteiger charge is 2.27. The van der Waals surface area contributed by atoms with Crippen LogP contribution in [0.1, 0.15) is 0 Å². The van der Waals surface area contributed by atoms with E-state index in [0.29, 0.717) is 0 Å². The van der Waals surface area contributed by atoms with Gasteiger partial charge in [0.1, 0.15) is 6.17 Å². The molecule has 0 spiro atoms. The lowest BCUT2D eigenvalue weighted by Crippen LogP contribution is -2.50. The topological polar surface area (TPSA) is 40.5 Å². The number of hydrogen-bond acceptors (Lipinski definition) is 2. The molecule has 0 amide bonds. The van der Waals surface area contributed by atoms with Gasteiger partial charge in [-0.25, -0.2) is 4.39 Å². The van der Waals surface area contributed by atoms with Crippen molar-refractivity contribution in [3.05, 3.63) is 0 Å².